The smallest absolute Gasteiger partial charge is 0.0642 e. The standard InChI is InChI=1S/C14H19BrClN/c15-11-12-6-7-14(13(16)10-12)17-8-4-2-1-3-5-9-17/h6-7,10H,1-5,8-9,11H2. The van der Waals surface area contributed by atoms with Crippen molar-refractivity contribution in [3.05, 3.63) is 28.8 Å². The van der Waals surface area contributed by atoms with Crippen molar-refractivity contribution in [3.8, 4) is 0 Å². The summed E-state index contributed by atoms with van der Waals surface area (Å²) in [6, 6.07) is 6.40. The Hall–Kier alpha value is -0.210. The first-order chi connectivity index (χ1) is 8.31. The minimum absolute atomic E-state index is 0.868. The quantitative estimate of drug-likeness (QED) is 0.694. The Kier molecular flexibility index (Phi) is 5.17. The zero-order chi connectivity index (χ0) is 12.1. The molecule has 1 aromatic carbocycles. The molecule has 0 saturated carbocycles. The third kappa shape index (κ3) is 3.62. The van der Waals surface area contributed by atoms with Gasteiger partial charge in [0.15, 0.2) is 0 Å². The van der Waals surface area contributed by atoms with E-state index >= 15 is 0 Å². The van der Waals surface area contributed by atoms with Crippen LogP contribution in [0.15, 0.2) is 18.2 Å². The summed E-state index contributed by atoms with van der Waals surface area (Å²) < 4.78 is 0. The molecule has 2 rings (SSSR count). The van der Waals surface area contributed by atoms with Gasteiger partial charge < -0.3 is 4.90 Å². The van der Waals surface area contributed by atoms with Gasteiger partial charge in [0.1, 0.15) is 0 Å². The van der Waals surface area contributed by atoms with Crippen LogP contribution < -0.4 is 4.90 Å². The predicted molar refractivity (Wildman–Crippen MR) is 79.4 cm³/mol. The van der Waals surface area contributed by atoms with Crippen molar-refractivity contribution in [1.29, 1.82) is 0 Å². The molecule has 94 valence electrons. The van der Waals surface area contributed by atoms with Crippen LogP contribution in [-0.4, -0.2) is 13.1 Å². The maximum absolute atomic E-state index is 6.37. The summed E-state index contributed by atoms with van der Waals surface area (Å²) in [7, 11) is 0. The molecular formula is C14H19BrClN. The maximum Gasteiger partial charge on any atom is 0.0642 e. The van der Waals surface area contributed by atoms with E-state index in [1.165, 1.54) is 43.4 Å². The van der Waals surface area contributed by atoms with Gasteiger partial charge in [-0.2, -0.15) is 0 Å². The maximum atomic E-state index is 6.37. The molecule has 0 aromatic heterocycles. The molecule has 1 aliphatic rings. The summed E-state index contributed by atoms with van der Waals surface area (Å²) >= 11 is 9.84. The van der Waals surface area contributed by atoms with E-state index in [2.05, 4.69) is 39.0 Å². The molecule has 1 aromatic rings. The van der Waals surface area contributed by atoms with Gasteiger partial charge in [0.05, 0.1) is 10.7 Å². The Morgan fingerprint density at radius 3 is 2.29 bits per heavy atom. The molecule has 0 spiro atoms. The van der Waals surface area contributed by atoms with Gasteiger partial charge in [0.2, 0.25) is 0 Å². The van der Waals surface area contributed by atoms with Crippen molar-refractivity contribution in [2.24, 2.45) is 0 Å². The van der Waals surface area contributed by atoms with Gasteiger partial charge in [0.25, 0.3) is 0 Å². The van der Waals surface area contributed by atoms with Gasteiger partial charge in [-0.1, -0.05) is 52.9 Å². The lowest BCUT2D eigenvalue weighted by atomic mass is 10.1. The molecule has 0 aliphatic carbocycles. The highest BCUT2D eigenvalue weighted by Gasteiger charge is 2.12. The first-order valence-corrected chi connectivity index (χ1v) is 7.90. The van der Waals surface area contributed by atoms with Crippen LogP contribution in [0.1, 0.15) is 37.7 Å². The van der Waals surface area contributed by atoms with Crippen LogP contribution in [0.5, 0.6) is 0 Å². The highest BCUT2D eigenvalue weighted by molar-refractivity contribution is 9.08. The third-order valence-electron chi connectivity index (χ3n) is 3.36. The normalized spacial score (nSPS) is 17.6. The first kappa shape index (κ1) is 13.2. The number of nitrogens with zero attached hydrogens (tertiary/aromatic N) is 1. The Balaban J connectivity index is 2.13. The minimum atomic E-state index is 0.868. The summed E-state index contributed by atoms with van der Waals surface area (Å²) in [5.41, 5.74) is 2.45. The molecule has 1 nitrogen and oxygen atoms in total. The lowest BCUT2D eigenvalue weighted by molar-refractivity contribution is 0.556. The molecule has 1 saturated heterocycles. The number of hydrogen-bond donors (Lipinski definition) is 0. The van der Waals surface area contributed by atoms with Crippen molar-refractivity contribution >= 4 is 33.2 Å². The Morgan fingerprint density at radius 1 is 1.06 bits per heavy atom. The molecular weight excluding hydrogens is 298 g/mol. The average molecular weight is 317 g/mol. The molecule has 1 heterocycles. The Labute approximate surface area is 117 Å². The van der Waals surface area contributed by atoms with E-state index in [0.717, 1.165) is 23.4 Å². The van der Waals surface area contributed by atoms with Crippen molar-refractivity contribution in [2.75, 3.05) is 18.0 Å². The zero-order valence-corrected chi connectivity index (χ0v) is 12.4. The number of halogens is 2. The average Bonchev–Trinajstić information content (AvgIpc) is 2.29. The van der Waals surface area contributed by atoms with E-state index in [1.807, 2.05) is 0 Å². The van der Waals surface area contributed by atoms with Gasteiger partial charge >= 0.3 is 0 Å². The van der Waals surface area contributed by atoms with Gasteiger partial charge in [0, 0.05) is 18.4 Å². The lowest BCUT2D eigenvalue weighted by Crippen LogP contribution is -2.27. The Morgan fingerprint density at radius 2 is 1.71 bits per heavy atom. The second-order valence-electron chi connectivity index (χ2n) is 4.67. The van der Waals surface area contributed by atoms with Gasteiger partial charge in [-0.15, -0.1) is 0 Å². The predicted octanol–water partition coefficient (Wildman–Crippen LogP) is 5.01. The van der Waals surface area contributed by atoms with Crippen molar-refractivity contribution in [3.63, 3.8) is 0 Å². The van der Waals surface area contributed by atoms with E-state index in [4.69, 9.17) is 11.6 Å². The number of alkyl halides is 1. The van der Waals surface area contributed by atoms with Gasteiger partial charge in [-0.05, 0) is 30.5 Å². The molecule has 3 heteroatoms. The van der Waals surface area contributed by atoms with Crippen LogP contribution in [0.4, 0.5) is 5.69 Å². The van der Waals surface area contributed by atoms with Crippen LogP contribution in [0.2, 0.25) is 5.02 Å². The van der Waals surface area contributed by atoms with Gasteiger partial charge in [-0.3, -0.25) is 0 Å². The summed E-state index contributed by atoms with van der Waals surface area (Å²) in [5, 5.41) is 1.76. The van der Waals surface area contributed by atoms with Crippen LogP contribution in [0.25, 0.3) is 0 Å². The largest absolute Gasteiger partial charge is 0.370 e. The molecule has 0 atom stereocenters. The second-order valence-corrected chi connectivity index (χ2v) is 5.64. The van der Waals surface area contributed by atoms with E-state index in [-0.39, 0.29) is 0 Å². The SMILES string of the molecule is Clc1cc(CBr)ccc1N1CCCCCCC1. The second kappa shape index (κ2) is 6.65. The molecule has 0 N–H and O–H groups in total. The van der Waals surface area contributed by atoms with Crippen LogP contribution >= 0.6 is 27.5 Å². The highest BCUT2D eigenvalue weighted by atomic mass is 79.9. The van der Waals surface area contributed by atoms with E-state index in [1.54, 1.807) is 0 Å². The molecule has 1 aliphatic heterocycles. The molecule has 1 fully saturated rings. The fourth-order valence-electron chi connectivity index (χ4n) is 2.38. The molecule has 0 amide bonds. The van der Waals surface area contributed by atoms with Crippen molar-refractivity contribution in [2.45, 2.75) is 37.4 Å². The summed E-state index contributed by atoms with van der Waals surface area (Å²) in [6.07, 6.45) is 6.68. The first-order valence-electron chi connectivity index (χ1n) is 6.40. The lowest BCUT2D eigenvalue weighted by Gasteiger charge is -2.27. The van der Waals surface area contributed by atoms with E-state index < -0.39 is 0 Å². The number of anilines is 1. The number of benzene rings is 1. The molecule has 0 unspecified atom stereocenters. The van der Waals surface area contributed by atoms with Gasteiger partial charge in [-0.25, -0.2) is 0 Å². The third-order valence-corrected chi connectivity index (χ3v) is 4.31. The number of rotatable bonds is 2. The fourth-order valence-corrected chi connectivity index (χ4v) is 3.05. The van der Waals surface area contributed by atoms with Crippen molar-refractivity contribution in [1.82, 2.24) is 0 Å². The van der Waals surface area contributed by atoms with E-state index in [9.17, 15) is 0 Å². The summed E-state index contributed by atoms with van der Waals surface area (Å²) in [6.45, 7) is 2.29. The monoisotopic (exact) mass is 315 g/mol. The Bertz CT molecular complexity index is 359. The molecule has 17 heavy (non-hydrogen) atoms. The highest BCUT2D eigenvalue weighted by Crippen LogP contribution is 2.29. The van der Waals surface area contributed by atoms with Crippen LogP contribution in [0.3, 0.4) is 0 Å². The minimum Gasteiger partial charge on any atom is -0.370 e. The molecule has 0 radical (unpaired) electrons. The molecule has 0 bridgehead atoms. The topological polar surface area (TPSA) is 3.24 Å². The summed E-state index contributed by atoms with van der Waals surface area (Å²) in [4.78, 5) is 2.44. The van der Waals surface area contributed by atoms with Crippen LogP contribution in [-0.2, 0) is 5.33 Å². The van der Waals surface area contributed by atoms with E-state index in [0.29, 0.717) is 0 Å². The van der Waals surface area contributed by atoms with Crippen LogP contribution in [0, 0.1) is 0 Å². The zero-order valence-electron chi connectivity index (χ0n) is 10.1. The fraction of sp³-hybridized carbons (Fsp3) is 0.571. The number of hydrogen-bond acceptors (Lipinski definition) is 1. The van der Waals surface area contributed by atoms with Crippen molar-refractivity contribution < 1.29 is 0 Å². The summed E-state index contributed by atoms with van der Waals surface area (Å²) in [5.74, 6) is 0.